The van der Waals surface area contributed by atoms with Gasteiger partial charge in [-0.25, -0.2) is 8.42 Å². The first-order valence-corrected chi connectivity index (χ1v) is 7.79. The molecule has 6 heteroatoms. The lowest BCUT2D eigenvalue weighted by Gasteiger charge is -2.23. The van der Waals surface area contributed by atoms with Crippen LogP contribution in [-0.4, -0.2) is 37.5 Å². The molecular formula is C14H22N2O3S. The average molecular weight is 298 g/mol. The van der Waals surface area contributed by atoms with Crippen LogP contribution in [0, 0.1) is 20.8 Å². The number of hydrogen-bond acceptors (Lipinski definition) is 4. The highest BCUT2D eigenvalue weighted by Crippen LogP contribution is 2.30. The summed E-state index contributed by atoms with van der Waals surface area (Å²) in [5.41, 5.74) is 8.39. The van der Waals surface area contributed by atoms with Gasteiger partial charge in [-0.05, 0) is 43.5 Å². The van der Waals surface area contributed by atoms with Crippen molar-refractivity contribution in [1.82, 2.24) is 4.31 Å². The standard InChI is InChI=1S/C14H22N2O3S/c1-5-6-16(7-8-17)20(18,19)14-11(3)10(2)9-13(15)12(14)4/h5,9,17H,1,6-8,15H2,2-4H3. The number of rotatable bonds is 6. The van der Waals surface area contributed by atoms with E-state index >= 15 is 0 Å². The molecule has 0 bridgehead atoms. The number of nitrogens with two attached hydrogens (primary N) is 1. The molecule has 0 radical (unpaired) electrons. The number of nitrogen functional groups attached to an aromatic ring is 1. The molecule has 0 saturated carbocycles. The summed E-state index contributed by atoms with van der Waals surface area (Å²) >= 11 is 0. The number of nitrogens with zero attached hydrogens (tertiary/aromatic N) is 1. The molecular weight excluding hydrogens is 276 g/mol. The van der Waals surface area contributed by atoms with Gasteiger partial charge in [0, 0.05) is 18.8 Å². The van der Waals surface area contributed by atoms with Crippen molar-refractivity contribution in [2.45, 2.75) is 25.7 Å². The highest BCUT2D eigenvalue weighted by molar-refractivity contribution is 7.89. The van der Waals surface area contributed by atoms with E-state index in [-0.39, 0.29) is 24.6 Å². The fourth-order valence-electron chi connectivity index (χ4n) is 2.12. The van der Waals surface area contributed by atoms with Crippen LogP contribution in [0.15, 0.2) is 23.6 Å². The summed E-state index contributed by atoms with van der Waals surface area (Å²) in [5, 5.41) is 9.06. The lowest BCUT2D eigenvalue weighted by Crippen LogP contribution is -2.34. The van der Waals surface area contributed by atoms with Crippen molar-refractivity contribution in [3.8, 4) is 0 Å². The van der Waals surface area contributed by atoms with Crippen molar-refractivity contribution in [3.63, 3.8) is 0 Å². The van der Waals surface area contributed by atoms with E-state index in [0.29, 0.717) is 16.8 Å². The molecule has 0 atom stereocenters. The predicted molar refractivity (Wildman–Crippen MR) is 81.1 cm³/mol. The van der Waals surface area contributed by atoms with Crippen LogP contribution in [0.1, 0.15) is 16.7 Å². The SMILES string of the molecule is C=CCN(CCO)S(=O)(=O)c1c(C)c(C)cc(N)c1C. The molecule has 0 aromatic heterocycles. The summed E-state index contributed by atoms with van der Waals surface area (Å²) in [6.07, 6.45) is 1.50. The number of anilines is 1. The van der Waals surface area contributed by atoms with E-state index in [4.69, 9.17) is 10.8 Å². The molecule has 1 rings (SSSR count). The molecule has 1 aromatic carbocycles. The molecule has 0 aliphatic rings. The van der Waals surface area contributed by atoms with Gasteiger partial charge in [-0.2, -0.15) is 4.31 Å². The van der Waals surface area contributed by atoms with E-state index in [9.17, 15) is 8.42 Å². The van der Waals surface area contributed by atoms with Crippen LogP contribution < -0.4 is 5.73 Å². The minimum Gasteiger partial charge on any atom is -0.398 e. The summed E-state index contributed by atoms with van der Waals surface area (Å²) in [5.74, 6) is 0. The predicted octanol–water partition coefficient (Wildman–Crippen LogP) is 1.36. The lowest BCUT2D eigenvalue weighted by atomic mass is 10.1. The Balaban J connectivity index is 3.52. The van der Waals surface area contributed by atoms with Crippen molar-refractivity contribution in [3.05, 3.63) is 35.4 Å². The fourth-order valence-corrected chi connectivity index (χ4v) is 4.06. The largest absolute Gasteiger partial charge is 0.398 e. The smallest absolute Gasteiger partial charge is 0.244 e. The van der Waals surface area contributed by atoms with Crippen molar-refractivity contribution in [1.29, 1.82) is 0 Å². The van der Waals surface area contributed by atoms with Crippen LogP contribution in [0.5, 0.6) is 0 Å². The van der Waals surface area contributed by atoms with Gasteiger partial charge in [-0.3, -0.25) is 0 Å². The third-order valence-electron chi connectivity index (χ3n) is 3.36. The first-order chi connectivity index (χ1) is 9.27. The van der Waals surface area contributed by atoms with E-state index in [0.717, 1.165) is 5.56 Å². The summed E-state index contributed by atoms with van der Waals surface area (Å²) < 4.78 is 26.7. The van der Waals surface area contributed by atoms with E-state index < -0.39 is 10.0 Å². The third kappa shape index (κ3) is 3.03. The molecule has 0 heterocycles. The van der Waals surface area contributed by atoms with Crippen LogP contribution in [0.4, 0.5) is 5.69 Å². The molecule has 0 aliphatic carbocycles. The number of sulfonamides is 1. The summed E-state index contributed by atoms with van der Waals surface area (Å²) in [6.45, 7) is 8.78. The summed E-state index contributed by atoms with van der Waals surface area (Å²) in [4.78, 5) is 0.227. The average Bonchev–Trinajstić information content (AvgIpc) is 2.36. The molecule has 1 aromatic rings. The molecule has 0 fully saturated rings. The molecule has 0 unspecified atom stereocenters. The van der Waals surface area contributed by atoms with Crippen molar-refractivity contribution in [2.24, 2.45) is 0 Å². The Morgan fingerprint density at radius 3 is 2.45 bits per heavy atom. The van der Waals surface area contributed by atoms with Gasteiger partial charge >= 0.3 is 0 Å². The molecule has 20 heavy (non-hydrogen) atoms. The second-order valence-electron chi connectivity index (χ2n) is 4.74. The van der Waals surface area contributed by atoms with Crippen LogP contribution in [0.2, 0.25) is 0 Å². The van der Waals surface area contributed by atoms with Gasteiger partial charge in [0.2, 0.25) is 10.0 Å². The monoisotopic (exact) mass is 298 g/mol. The Hall–Kier alpha value is -1.37. The molecule has 5 nitrogen and oxygen atoms in total. The Morgan fingerprint density at radius 2 is 1.95 bits per heavy atom. The first-order valence-electron chi connectivity index (χ1n) is 6.35. The van der Waals surface area contributed by atoms with E-state index in [1.54, 1.807) is 19.9 Å². The molecule has 0 aliphatic heterocycles. The molecule has 0 saturated heterocycles. The molecule has 0 spiro atoms. The molecule has 112 valence electrons. The minimum absolute atomic E-state index is 0.0288. The van der Waals surface area contributed by atoms with Crippen LogP contribution in [-0.2, 0) is 10.0 Å². The number of aliphatic hydroxyl groups is 1. The van der Waals surface area contributed by atoms with Crippen LogP contribution in [0.3, 0.4) is 0 Å². The van der Waals surface area contributed by atoms with E-state index in [2.05, 4.69) is 6.58 Å². The van der Waals surface area contributed by atoms with Gasteiger partial charge < -0.3 is 10.8 Å². The summed E-state index contributed by atoms with van der Waals surface area (Å²) in [6, 6.07) is 1.77. The minimum atomic E-state index is -3.71. The third-order valence-corrected chi connectivity index (χ3v) is 5.50. The van der Waals surface area contributed by atoms with Gasteiger partial charge in [0.05, 0.1) is 11.5 Å². The second-order valence-corrected chi connectivity index (χ2v) is 6.61. The van der Waals surface area contributed by atoms with Gasteiger partial charge in [0.1, 0.15) is 0 Å². The maximum atomic E-state index is 12.8. The highest BCUT2D eigenvalue weighted by atomic mass is 32.2. The quantitative estimate of drug-likeness (QED) is 0.613. The van der Waals surface area contributed by atoms with Crippen LogP contribution in [0.25, 0.3) is 0 Å². The van der Waals surface area contributed by atoms with Gasteiger partial charge in [-0.15, -0.1) is 6.58 Å². The second kappa shape index (κ2) is 6.39. The number of benzene rings is 1. The van der Waals surface area contributed by atoms with E-state index in [1.807, 2.05) is 6.92 Å². The fraction of sp³-hybridized carbons (Fsp3) is 0.429. The van der Waals surface area contributed by atoms with Gasteiger partial charge in [0.15, 0.2) is 0 Å². The number of aliphatic hydroxyl groups excluding tert-OH is 1. The maximum absolute atomic E-state index is 12.8. The Labute approximate surface area is 120 Å². The zero-order valence-corrected chi connectivity index (χ0v) is 13.0. The van der Waals surface area contributed by atoms with Crippen molar-refractivity contribution in [2.75, 3.05) is 25.4 Å². The van der Waals surface area contributed by atoms with Gasteiger partial charge in [-0.1, -0.05) is 6.08 Å². The Morgan fingerprint density at radius 1 is 1.35 bits per heavy atom. The highest BCUT2D eigenvalue weighted by Gasteiger charge is 2.28. The zero-order valence-electron chi connectivity index (χ0n) is 12.2. The summed E-state index contributed by atoms with van der Waals surface area (Å²) in [7, 11) is -3.71. The topological polar surface area (TPSA) is 83.6 Å². The van der Waals surface area contributed by atoms with Crippen LogP contribution >= 0.6 is 0 Å². The van der Waals surface area contributed by atoms with Gasteiger partial charge in [0.25, 0.3) is 0 Å². The van der Waals surface area contributed by atoms with Crippen molar-refractivity contribution < 1.29 is 13.5 Å². The van der Waals surface area contributed by atoms with E-state index in [1.165, 1.54) is 10.4 Å². The molecule has 0 amide bonds. The number of aryl methyl sites for hydroxylation is 1. The van der Waals surface area contributed by atoms with Crippen molar-refractivity contribution >= 4 is 15.7 Å². The molecule has 3 N–H and O–H groups in total. The zero-order chi connectivity index (χ0) is 15.5. The first kappa shape index (κ1) is 16.7. The maximum Gasteiger partial charge on any atom is 0.244 e. The Kier molecular flexibility index (Phi) is 5.33. The Bertz CT molecular complexity index is 583. The normalized spacial score (nSPS) is 11.8. The lowest BCUT2D eigenvalue weighted by molar-refractivity contribution is 0.260. The number of hydrogen-bond donors (Lipinski definition) is 2.